The van der Waals surface area contributed by atoms with Gasteiger partial charge < -0.3 is 11.1 Å². The van der Waals surface area contributed by atoms with Gasteiger partial charge in [-0.25, -0.2) is 4.99 Å². The van der Waals surface area contributed by atoms with E-state index in [9.17, 15) is 0 Å². The van der Waals surface area contributed by atoms with Crippen LogP contribution in [0.4, 0.5) is 5.69 Å². The van der Waals surface area contributed by atoms with Crippen LogP contribution in [0.1, 0.15) is 22.3 Å². The third-order valence-corrected chi connectivity index (χ3v) is 4.09. The average molecular weight is 461 g/mol. The van der Waals surface area contributed by atoms with Gasteiger partial charge in [0.15, 0.2) is 5.96 Å². The SMILES string of the molecule is Cc1ccc(NC(N)=NCc2cnn(Cc3ccccc3)c2)cc1C.I. The summed E-state index contributed by atoms with van der Waals surface area (Å²) in [6.07, 6.45) is 3.83. The van der Waals surface area contributed by atoms with Crippen molar-refractivity contribution in [2.24, 2.45) is 10.7 Å². The number of aryl methyl sites for hydroxylation is 2. The standard InChI is InChI=1S/C20H23N5.HI/c1-15-8-9-19(10-16(15)2)24-20(21)22-11-18-12-23-25(14-18)13-17-6-4-3-5-7-17;/h3-10,12,14H,11,13H2,1-2H3,(H3,21,22,24);1H. The fourth-order valence-corrected chi connectivity index (χ4v) is 2.53. The summed E-state index contributed by atoms with van der Waals surface area (Å²) in [6.45, 7) is 5.41. The molecule has 6 heteroatoms. The van der Waals surface area contributed by atoms with Crippen molar-refractivity contribution in [3.8, 4) is 0 Å². The van der Waals surface area contributed by atoms with Crippen LogP contribution in [0.25, 0.3) is 0 Å². The molecule has 0 aliphatic heterocycles. The van der Waals surface area contributed by atoms with E-state index >= 15 is 0 Å². The van der Waals surface area contributed by atoms with Crippen LogP contribution in [-0.4, -0.2) is 15.7 Å². The van der Waals surface area contributed by atoms with Gasteiger partial charge >= 0.3 is 0 Å². The molecule has 26 heavy (non-hydrogen) atoms. The highest BCUT2D eigenvalue weighted by molar-refractivity contribution is 14.0. The molecule has 3 rings (SSSR count). The van der Waals surface area contributed by atoms with Crippen molar-refractivity contribution < 1.29 is 0 Å². The number of nitrogens with zero attached hydrogens (tertiary/aromatic N) is 3. The lowest BCUT2D eigenvalue weighted by atomic mass is 10.1. The largest absolute Gasteiger partial charge is 0.370 e. The van der Waals surface area contributed by atoms with E-state index in [4.69, 9.17) is 5.73 Å². The number of nitrogens with two attached hydrogens (primary N) is 1. The molecule has 2 aromatic carbocycles. The summed E-state index contributed by atoms with van der Waals surface area (Å²) in [6, 6.07) is 16.4. The van der Waals surface area contributed by atoms with E-state index in [-0.39, 0.29) is 24.0 Å². The third kappa shape index (κ3) is 5.59. The van der Waals surface area contributed by atoms with Gasteiger partial charge in [-0.15, -0.1) is 24.0 Å². The predicted octanol–water partition coefficient (Wildman–Crippen LogP) is 4.09. The molecular weight excluding hydrogens is 437 g/mol. The number of guanidine groups is 1. The number of hydrogen-bond acceptors (Lipinski definition) is 2. The molecule has 0 bridgehead atoms. The number of anilines is 1. The zero-order chi connectivity index (χ0) is 17.6. The number of rotatable bonds is 5. The molecule has 0 saturated heterocycles. The Bertz CT molecular complexity index is 871. The smallest absolute Gasteiger partial charge is 0.193 e. The van der Waals surface area contributed by atoms with E-state index in [1.807, 2.05) is 41.3 Å². The monoisotopic (exact) mass is 461 g/mol. The summed E-state index contributed by atoms with van der Waals surface area (Å²) in [5.74, 6) is 0.402. The molecule has 0 radical (unpaired) electrons. The van der Waals surface area contributed by atoms with Gasteiger partial charge in [0.2, 0.25) is 0 Å². The Morgan fingerprint density at radius 1 is 1.08 bits per heavy atom. The molecular formula is C20H24IN5. The Hall–Kier alpha value is -2.35. The number of aromatic nitrogens is 2. The Kier molecular flexibility index (Phi) is 7.20. The molecule has 0 aliphatic carbocycles. The van der Waals surface area contributed by atoms with E-state index in [1.54, 1.807) is 0 Å². The molecule has 136 valence electrons. The molecule has 0 atom stereocenters. The molecule has 1 heterocycles. The fraction of sp³-hybridized carbons (Fsp3) is 0.200. The number of nitrogens with one attached hydrogen (secondary N) is 1. The zero-order valence-corrected chi connectivity index (χ0v) is 17.3. The predicted molar refractivity (Wildman–Crippen MR) is 118 cm³/mol. The zero-order valence-electron chi connectivity index (χ0n) is 15.0. The lowest BCUT2D eigenvalue weighted by molar-refractivity contribution is 0.686. The minimum absolute atomic E-state index is 0. The van der Waals surface area contributed by atoms with Gasteiger partial charge in [-0.2, -0.15) is 5.10 Å². The lowest BCUT2D eigenvalue weighted by Crippen LogP contribution is -2.22. The fourth-order valence-electron chi connectivity index (χ4n) is 2.53. The van der Waals surface area contributed by atoms with Crippen molar-refractivity contribution >= 4 is 35.6 Å². The first-order valence-corrected chi connectivity index (χ1v) is 8.29. The number of hydrogen-bond donors (Lipinski definition) is 2. The highest BCUT2D eigenvalue weighted by Crippen LogP contribution is 2.14. The van der Waals surface area contributed by atoms with Crippen LogP contribution in [0.2, 0.25) is 0 Å². The molecule has 3 aromatic rings. The van der Waals surface area contributed by atoms with Crippen LogP contribution in [-0.2, 0) is 13.1 Å². The van der Waals surface area contributed by atoms with Crippen molar-refractivity contribution in [2.75, 3.05) is 5.32 Å². The van der Waals surface area contributed by atoms with Gasteiger partial charge in [0.1, 0.15) is 0 Å². The maximum Gasteiger partial charge on any atom is 0.193 e. The van der Waals surface area contributed by atoms with Crippen molar-refractivity contribution in [3.05, 3.63) is 83.2 Å². The minimum Gasteiger partial charge on any atom is -0.370 e. The molecule has 1 aromatic heterocycles. The molecule has 0 aliphatic rings. The minimum atomic E-state index is 0. The summed E-state index contributed by atoms with van der Waals surface area (Å²) >= 11 is 0. The first-order chi connectivity index (χ1) is 12.1. The molecule has 3 N–H and O–H groups in total. The van der Waals surface area contributed by atoms with E-state index in [2.05, 4.69) is 53.5 Å². The number of aliphatic imine (C=N–C) groups is 1. The molecule has 0 unspecified atom stereocenters. The lowest BCUT2D eigenvalue weighted by Gasteiger charge is -2.07. The molecule has 0 fully saturated rings. The van der Waals surface area contributed by atoms with Gasteiger partial charge in [0.05, 0.1) is 19.3 Å². The van der Waals surface area contributed by atoms with Crippen LogP contribution in [0.15, 0.2) is 65.9 Å². The van der Waals surface area contributed by atoms with Gasteiger partial charge in [0.25, 0.3) is 0 Å². The number of halogens is 1. The Balaban J connectivity index is 0.00000243. The summed E-state index contributed by atoms with van der Waals surface area (Å²) in [5, 5.41) is 7.51. The van der Waals surface area contributed by atoms with Gasteiger partial charge in [0, 0.05) is 17.4 Å². The topological polar surface area (TPSA) is 68.2 Å². The normalized spacial score (nSPS) is 11.1. The molecule has 0 amide bonds. The summed E-state index contributed by atoms with van der Waals surface area (Å²) in [7, 11) is 0. The molecule has 0 saturated carbocycles. The van der Waals surface area contributed by atoms with E-state index in [1.165, 1.54) is 16.7 Å². The Morgan fingerprint density at radius 3 is 2.58 bits per heavy atom. The molecule has 5 nitrogen and oxygen atoms in total. The van der Waals surface area contributed by atoms with Crippen LogP contribution in [0, 0.1) is 13.8 Å². The molecule has 0 spiro atoms. The van der Waals surface area contributed by atoms with Crippen molar-refractivity contribution in [2.45, 2.75) is 26.9 Å². The first kappa shape index (κ1) is 20.0. The highest BCUT2D eigenvalue weighted by atomic mass is 127. The Morgan fingerprint density at radius 2 is 1.85 bits per heavy atom. The summed E-state index contributed by atoms with van der Waals surface area (Å²) in [5.41, 5.74) is 11.7. The number of benzene rings is 2. The summed E-state index contributed by atoms with van der Waals surface area (Å²) in [4.78, 5) is 4.39. The van der Waals surface area contributed by atoms with Crippen molar-refractivity contribution in [1.29, 1.82) is 0 Å². The second-order valence-electron chi connectivity index (χ2n) is 6.16. The van der Waals surface area contributed by atoms with Crippen molar-refractivity contribution in [3.63, 3.8) is 0 Å². The van der Waals surface area contributed by atoms with Crippen LogP contribution in [0.3, 0.4) is 0 Å². The van der Waals surface area contributed by atoms with Crippen LogP contribution < -0.4 is 11.1 Å². The van der Waals surface area contributed by atoms with Gasteiger partial charge in [-0.3, -0.25) is 4.68 Å². The average Bonchev–Trinajstić information content (AvgIpc) is 3.05. The van der Waals surface area contributed by atoms with E-state index < -0.39 is 0 Å². The van der Waals surface area contributed by atoms with E-state index in [0.29, 0.717) is 12.5 Å². The van der Waals surface area contributed by atoms with Crippen molar-refractivity contribution in [1.82, 2.24) is 9.78 Å². The second kappa shape index (κ2) is 9.38. The maximum absolute atomic E-state index is 5.98. The van der Waals surface area contributed by atoms with Gasteiger partial charge in [-0.05, 0) is 42.7 Å². The van der Waals surface area contributed by atoms with Gasteiger partial charge in [-0.1, -0.05) is 36.4 Å². The quantitative estimate of drug-likeness (QED) is 0.342. The van der Waals surface area contributed by atoms with Crippen LogP contribution >= 0.6 is 24.0 Å². The Labute approximate surface area is 171 Å². The highest BCUT2D eigenvalue weighted by Gasteiger charge is 2.01. The summed E-state index contributed by atoms with van der Waals surface area (Å²) < 4.78 is 1.91. The first-order valence-electron chi connectivity index (χ1n) is 8.29. The van der Waals surface area contributed by atoms with Crippen LogP contribution in [0.5, 0.6) is 0 Å². The third-order valence-electron chi connectivity index (χ3n) is 4.09. The van der Waals surface area contributed by atoms with E-state index in [0.717, 1.165) is 17.8 Å². The maximum atomic E-state index is 5.98. The second-order valence-corrected chi connectivity index (χ2v) is 6.16.